The number of hydrazine groups is 1. The summed E-state index contributed by atoms with van der Waals surface area (Å²) >= 11 is 0. The molecule has 1 rings (SSSR count). The van der Waals surface area contributed by atoms with Gasteiger partial charge in [0.1, 0.15) is 0 Å². The Labute approximate surface area is 108 Å². The van der Waals surface area contributed by atoms with Crippen LogP contribution in [0.2, 0.25) is 0 Å². The van der Waals surface area contributed by atoms with Crippen LogP contribution in [-0.4, -0.2) is 26.2 Å². The molecule has 0 bridgehead atoms. The quantitative estimate of drug-likeness (QED) is 0.526. The number of anilines is 1. The first-order valence-electron chi connectivity index (χ1n) is 5.93. The molecule has 0 aromatic heterocycles. The molecule has 1 unspecified atom stereocenters. The molecule has 5 nitrogen and oxygen atoms in total. The van der Waals surface area contributed by atoms with Crippen LogP contribution in [0.1, 0.15) is 22.8 Å². The highest BCUT2D eigenvalue weighted by Gasteiger charge is 2.11. The molecule has 0 aliphatic carbocycles. The average molecular weight is 251 g/mol. The highest BCUT2D eigenvalue weighted by molar-refractivity contribution is 5.99. The number of methoxy groups -OCH3 is 1. The van der Waals surface area contributed by atoms with Crippen molar-refractivity contribution in [1.82, 2.24) is 5.32 Å². The summed E-state index contributed by atoms with van der Waals surface area (Å²) < 4.78 is 5.02. The summed E-state index contributed by atoms with van der Waals surface area (Å²) in [6.07, 6.45) is 0. The van der Waals surface area contributed by atoms with E-state index < -0.39 is 0 Å². The Morgan fingerprint density at radius 3 is 2.83 bits per heavy atom. The number of ether oxygens (including phenoxy) is 1. The molecule has 0 heterocycles. The van der Waals surface area contributed by atoms with Crippen LogP contribution in [0.4, 0.5) is 5.69 Å². The summed E-state index contributed by atoms with van der Waals surface area (Å²) in [6.45, 7) is 5.16. The monoisotopic (exact) mass is 251 g/mol. The standard InChI is InChI=1S/C13H21N3O2/c1-9-4-5-11(12(6-9)16-14)13(17)15-7-10(2)8-18-3/h4-6,10,16H,7-8,14H2,1-3H3,(H,15,17). The van der Waals surface area contributed by atoms with Gasteiger partial charge in [0.25, 0.3) is 5.91 Å². The van der Waals surface area contributed by atoms with Gasteiger partial charge in [0.2, 0.25) is 0 Å². The van der Waals surface area contributed by atoms with Gasteiger partial charge in [-0.05, 0) is 30.5 Å². The van der Waals surface area contributed by atoms with Crippen LogP contribution in [0.15, 0.2) is 18.2 Å². The second-order valence-electron chi connectivity index (χ2n) is 4.46. The third-order valence-corrected chi connectivity index (χ3v) is 2.64. The van der Waals surface area contributed by atoms with Gasteiger partial charge in [-0.2, -0.15) is 0 Å². The van der Waals surface area contributed by atoms with Crippen LogP contribution in [0.25, 0.3) is 0 Å². The Kier molecular flexibility index (Phi) is 5.61. The van der Waals surface area contributed by atoms with Crippen molar-refractivity contribution >= 4 is 11.6 Å². The Bertz CT molecular complexity index is 407. The van der Waals surface area contributed by atoms with Crippen molar-refractivity contribution in [3.8, 4) is 0 Å². The molecule has 1 aromatic carbocycles. The summed E-state index contributed by atoms with van der Waals surface area (Å²) in [7, 11) is 1.65. The number of nitrogen functional groups attached to an aromatic ring is 1. The first kappa shape index (κ1) is 14.5. The lowest BCUT2D eigenvalue weighted by Crippen LogP contribution is -2.30. The SMILES string of the molecule is COCC(C)CNC(=O)c1ccc(C)cc1NN. The fourth-order valence-corrected chi connectivity index (χ4v) is 1.68. The van der Waals surface area contributed by atoms with Crippen LogP contribution in [0.5, 0.6) is 0 Å². The lowest BCUT2D eigenvalue weighted by atomic mass is 10.1. The Hall–Kier alpha value is -1.59. The van der Waals surface area contributed by atoms with Gasteiger partial charge in [-0.15, -0.1) is 0 Å². The van der Waals surface area contributed by atoms with Gasteiger partial charge < -0.3 is 15.5 Å². The molecule has 0 fully saturated rings. The van der Waals surface area contributed by atoms with Gasteiger partial charge in [-0.3, -0.25) is 10.6 Å². The van der Waals surface area contributed by atoms with Gasteiger partial charge in [-0.1, -0.05) is 13.0 Å². The second-order valence-corrected chi connectivity index (χ2v) is 4.46. The van der Waals surface area contributed by atoms with Gasteiger partial charge in [-0.25, -0.2) is 0 Å². The fraction of sp³-hybridized carbons (Fsp3) is 0.462. The fourth-order valence-electron chi connectivity index (χ4n) is 1.68. The summed E-state index contributed by atoms with van der Waals surface area (Å²) in [5.41, 5.74) is 4.77. The van der Waals surface area contributed by atoms with Gasteiger partial charge >= 0.3 is 0 Å². The van der Waals surface area contributed by atoms with Gasteiger partial charge in [0, 0.05) is 13.7 Å². The molecule has 18 heavy (non-hydrogen) atoms. The number of hydrogen-bond acceptors (Lipinski definition) is 4. The van der Waals surface area contributed by atoms with Crippen molar-refractivity contribution in [3.63, 3.8) is 0 Å². The smallest absolute Gasteiger partial charge is 0.253 e. The zero-order valence-corrected chi connectivity index (χ0v) is 11.1. The van der Waals surface area contributed by atoms with Crippen molar-refractivity contribution in [2.45, 2.75) is 13.8 Å². The number of carbonyl (C=O) groups excluding carboxylic acids is 1. The molecular formula is C13H21N3O2. The predicted octanol–water partition coefficient (Wildman–Crippen LogP) is 1.29. The molecule has 0 saturated carbocycles. The van der Waals surface area contributed by atoms with Crippen molar-refractivity contribution in [1.29, 1.82) is 0 Å². The second kappa shape index (κ2) is 6.98. The number of rotatable bonds is 6. The number of aryl methyl sites for hydroxylation is 1. The number of nitrogens with one attached hydrogen (secondary N) is 2. The van der Waals surface area contributed by atoms with Crippen molar-refractivity contribution in [2.75, 3.05) is 25.7 Å². The maximum atomic E-state index is 12.0. The minimum absolute atomic E-state index is 0.133. The van der Waals surface area contributed by atoms with E-state index in [1.54, 1.807) is 13.2 Å². The molecule has 1 amide bonds. The maximum Gasteiger partial charge on any atom is 0.253 e. The molecule has 1 atom stereocenters. The van der Waals surface area contributed by atoms with Crippen LogP contribution in [0, 0.1) is 12.8 Å². The van der Waals surface area contributed by atoms with Crippen molar-refractivity contribution in [3.05, 3.63) is 29.3 Å². The zero-order chi connectivity index (χ0) is 13.5. The first-order valence-corrected chi connectivity index (χ1v) is 5.93. The van der Waals surface area contributed by atoms with E-state index in [2.05, 4.69) is 10.7 Å². The zero-order valence-electron chi connectivity index (χ0n) is 11.1. The van der Waals surface area contributed by atoms with Gasteiger partial charge in [0.05, 0.1) is 17.9 Å². The minimum atomic E-state index is -0.133. The lowest BCUT2D eigenvalue weighted by Gasteiger charge is -2.13. The highest BCUT2D eigenvalue weighted by atomic mass is 16.5. The molecule has 4 N–H and O–H groups in total. The predicted molar refractivity (Wildman–Crippen MR) is 72.4 cm³/mol. The van der Waals surface area contributed by atoms with Crippen LogP contribution in [-0.2, 0) is 4.74 Å². The summed E-state index contributed by atoms with van der Waals surface area (Å²) in [5.74, 6) is 5.55. The minimum Gasteiger partial charge on any atom is -0.384 e. The van der Waals surface area contributed by atoms with E-state index in [1.165, 1.54) is 0 Å². The topological polar surface area (TPSA) is 76.4 Å². The molecule has 0 radical (unpaired) electrons. The molecular weight excluding hydrogens is 230 g/mol. The molecule has 0 aliphatic rings. The van der Waals surface area contributed by atoms with Crippen LogP contribution >= 0.6 is 0 Å². The molecule has 0 aliphatic heterocycles. The maximum absolute atomic E-state index is 12.0. The van der Waals surface area contributed by atoms with Crippen LogP contribution in [0.3, 0.4) is 0 Å². The van der Waals surface area contributed by atoms with Crippen molar-refractivity contribution < 1.29 is 9.53 Å². The number of amides is 1. The molecule has 0 spiro atoms. The molecule has 1 aromatic rings. The third-order valence-electron chi connectivity index (χ3n) is 2.64. The summed E-state index contributed by atoms with van der Waals surface area (Å²) in [6, 6.07) is 5.49. The Morgan fingerprint density at radius 2 is 2.22 bits per heavy atom. The molecule has 0 saturated heterocycles. The third kappa shape index (κ3) is 4.01. The van der Waals surface area contributed by atoms with Crippen LogP contribution < -0.4 is 16.6 Å². The van der Waals surface area contributed by atoms with E-state index in [-0.39, 0.29) is 11.8 Å². The van der Waals surface area contributed by atoms with E-state index >= 15 is 0 Å². The van der Waals surface area contributed by atoms with E-state index in [0.717, 1.165) is 5.56 Å². The van der Waals surface area contributed by atoms with Crippen molar-refractivity contribution in [2.24, 2.45) is 11.8 Å². The normalized spacial score (nSPS) is 12.0. The van der Waals surface area contributed by atoms with E-state index in [9.17, 15) is 4.79 Å². The van der Waals surface area contributed by atoms with E-state index in [0.29, 0.717) is 24.4 Å². The summed E-state index contributed by atoms with van der Waals surface area (Å²) in [5, 5.41) is 2.86. The largest absolute Gasteiger partial charge is 0.384 e. The number of carbonyl (C=O) groups is 1. The molecule has 100 valence electrons. The summed E-state index contributed by atoms with van der Waals surface area (Å²) in [4.78, 5) is 12.0. The van der Waals surface area contributed by atoms with E-state index in [1.807, 2.05) is 26.0 Å². The molecule has 5 heteroatoms. The van der Waals surface area contributed by atoms with E-state index in [4.69, 9.17) is 10.6 Å². The highest BCUT2D eigenvalue weighted by Crippen LogP contribution is 2.16. The number of benzene rings is 1. The lowest BCUT2D eigenvalue weighted by molar-refractivity contribution is 0.0935. The number of nitrogens with two attached hydrogens (primary N) is 1. The first-order chi connectivity index (χ1) is 8.58. The Morgan fingerprint density at radius 1 is 1.50 bits per heavy atom. The number of hydrogen-bond donors (Lipinski definition) is 3. The van der Waals surface area contributed by atoms with Gasteiger partial charge in [0.15, 0.2) is 0 Å². The Balaban J connectivity index is 2.66. The average Bonchev–Trinajstić information content (AvgIpc) is 2.36.